The lowest BCUT2D eigenvalue weighted by atomic mass is 9.86. The van der Waals surface area contributed by atoms with Crippen LogP contribution in [-0.2, 0) is 9.47 Å². The average Bonchev–Trinajstić information content (AvgIpc) is 3.24. The molecular weight excluding hydrogens is 439 g/mol. The van der Waals surface area contributed by atoms with Crippen molar-refractivity contribution in [1.29, 1.82) is 0 Å². The molecule has 2 aromatic carbocycles. The Morgan fingerprint density at radius 1 is 1.09 bits per heavy atom. The van der Waals surface area contributed by atoms with E-state index >= 15 is 0 Å². The maximum Gasteiger partial charge on any atom is 0.254 e. The highest BCUT2D eigenvalue weighted by atomic mass is 19.1. The second-order valence-corrected chi connectivity index (χ2v) is 7.96. The summed E-state index contributed by atoms with van der Waals surface area (Å²) in [5.41, 5.74) is 2.04. The molecule has 0 spiro atoms. The molecule has 0 aromatic heterocycles. The highest BCUT2D eigenvalue weighted by Gasteiger charge is 2.39. The molecule has 3 rings (SSSR count). The van der Waals surface area contributed by atoms with E-state index in [-0.39, 0.29) is 17.8 Å². The zero-order valence-corrected chi connectivity index (χ0v) is 19.9. The van der Waals surface area contributed by atoms with Crippen molar-refractivity contribution >= 4 is 11.8 Å². The summed E-state index contributed by atoms with van der Waals surface area (Å²) in [6.45, 7) is 4.63. The molecule has 0 aliphatic carbocycles. The lowest BCUT2D eigenvalue weighted by Gasteiger charge is -2.17. The number of halogens is 1. The molecular formula is C26H33FN2O5. The predicted molar refractivity (Wildman–Crippen MR) is 127 cm³/mol. The first-order chi connectivity index (χ1) is 16.5. The number of benzene rings is 2. The number of hydrogen-bond acceptors (Lipinski definition) is 5. The minimum Gasteiger partial charge on any atom is -0.486 e. The Morgan fingerprint density at radius 2 is 1.79 bits per heavy atom. The van der Waals surface area contributed by atoms with Gasteiger partial charge in [0.05, 0.1) is 11.5 Å². The lowest BCUT2D eigenvalue weighted by Crippen LogP contribution is -2.27. The van der Waals surface area contributed by atoms with Gasteiger partial charge in [-0.1, -0.05) is 30.3 Å². The van der Waals surface area contributed by atoms with E-state index < -0.39 is 24.6 Å². The van der Waals surface area contributed by atoms with Crippen molar-refractivity contribution in [2.24, 2.45) is 0 Å². The van der Waals surface area contributed by atoms with Crippen molar-refractivity contribution in [2.45, 2.75) is 45.0 Å². The number of amides is 2. The second kappa shape index (κ2) is 12.5. The fourth-order valence-corrected chi connectivity index (χ4v) is 4.20. The first-order valence-electron chi connectivity index (χ1n) is 11.7. The van der Waals surface area contributed by atoms with Gasteiger partial charge >= 0.3 is 0 Å². The van der Waals surface area contributed by atoms with Crippen molar-refractivity contribution in [3.63, 3.8) is 0 Å². The number of alkyl halides is 1. The van der Waals surface area contributed by atoms with E-state index in [0.717, 1.165) is 5.56 Å². The third kappa shape index (κ3) is 5.93. The Morgan fingerprint density at radius 3 is 2.41 bits per heavy atom. The van der Waals surface area contributed by atoms with Crippen LogP contribution in [0.5, 0.6) is 5.75 Å². The van der Waals surface area contributed by atoms with Crippen LogP contribution in [0.4, 0.5) is 4.39 Å². The van der Waals surface area contributed by atoms with Gasteiger partial charge in [-0.05, 0) is 38.0 Å². The van der Waals surface area contributed by atoms with Crippen LogP contribution in [0.25, 0.3) is 0 Å². The predicted octanol–water partition coefficient (Wildman–Crippen LogP) is 3.82. The fraction of sp³-hybridized carbons (Fsp3) is 0.462. The van der Waals surface area contributed by atoms with E-state index in [1.165, 1.54) is 13.1 Å². The normalized spacial score (nSPS) is 16.7. The monoisotopic (exact) mass is 472 g/mol. The third-order valence-electron chi connectivity index (χ3n) is 5.75. The number of carbonyl (C=O) groups is 2. The quantitative estimate of drug-likeness (QED) is 0.362. The Kier molecular flexibility index (Phi) is 9.42. The number of nitrogens with one attached hydrogen (secondary N) is 2. The zero-order valence-electron chi connectivity index (χ0n) is 19.9. The number of fused-ring (bicyclic) bond motifs is 1. The molecule has 7 nitrogen and oxygen atoms in total. The maximum absolute atomic E-state index is 13.9. The van der Waals surface area contributed by atoms with E-state index in [0.29, 0.717) is 49.5 Å². The molecule has 2 aromatic rings. The SMILES string of the molecule is CCOC(CCCNC(=O)c1cc(C(=O)NC)c2c(c1)C(c1ccccc1)C(CF)O2)OCC. The Labute approximate surface area is 200 Å². The topological polar surface area (TPSA) is 85.9 Å². The minimum atomic E-state index is -0.770. The highest BCUT2D eigenvalue weighted by Crippen LogP contribution is 2.45. The third-order valence-corrected chi connectivity index (χ3v) is 5.75. The molecule has 184 valence electrons. The molecule has 2 atom stereocenters. The van der Waals surface area contributed by atoms with Crippen LogP contribution in [0.1, 0.15) is 64.4 Å². The van der Waals surface area contributed by atoms with Gasteiger partial charge in [-0.25, -0.2) is 4.39 Å². The van der Waals surface area contributed by atoms with Crippen LogP contribution < -0.4 is 15.4 Å². The van der Waals surface area contributed by atoms with Crippen LogP contribution >= 0.6 is 0 Å². The summed E-state index contributed by atoms with van der Waals surface area (Å²) >= 11 is 0. The van der Waals surface area contributed by atoms with Crippen LogP contribution in [0.15, 0.2) is 42.5 Å². The minimum absolute atomic E-state index is 0.217. The molecule has 0 fully saturated rings. The van der Waals surface area contributed by atoms with Gasteiger partial charge in [0.2, 0.25) is 0 Å². The van der Waals surface area contributed by atoms with Crippen molar-refractivity contribution in [3.05, 3.63) is 64.7 Å². The van der Waals surface area contributed by atoms with Crippen LogP contribution in [-0.4, -0.2) is 57.7 Å². The summed E-state index contributed by atoms with van der Waals surface area (Å²) in [5, 5.41) is 5.48. The van der Waals surface area contributed by atoms with E-state index in [1.807, 2.05) is 44.2 Å². The first kappa shape index (κ1) is 25.6. The fourth-order valence-electron chi connectivity index (χ4n) is 4.20. The van der Waals surface area contributed by atoms with Crippen LogP contribution in [0, 0.1) is 0 Å². The molecule has 0 radical (unpaired) electrons. The summed E-state index contributed by atoms with van der Waals surface area (Å²) in [4.78, 5) is 25.6. The molecule has 0 saturated heterocycles. The van der Waals surface area contributed by atoms with Crippen LogP contribution in [0.3, 0.4) is 0 Å². The lowest BCUT2D eigenvalue weighted by molar-refractivity contribution is -0.139. The number of rotatable bonds is 12. The summed E-state index contributed by atoms with van der Waals surface area (Å²) in [5.74, 6) is -0.805. The summed E-state index contributed by atoms with van der Waals surface area (Å²) in [7, 11) is 1.50. The van der Waals surface area contributed by atoms with E-state index in [2.05, 4.69) is 10.6 Å². The van der Waals surface area contributed by atoms with Crippen LogP contribution in [0.2, 0.25) is 0 Å². The van der Waals surface area contributed by atoms with Gasteiger partial charge in [0, 0.05) is 44.4 Å². The van der Waals surface area contributed by atoms with Crippen molar-refractivity contribution in [1.82, 2.24) is 10.6 Å². The maximum atomic E-state index is 13.9. The molecule has 2 N–H and O–H groups in total. The van der Waals surface area contributed by atoms with E-state index in [9.17, 15) is 14.0 Å². The molecule has 2 amide bonds. The second-order valence-electron chi connectivity index (χ2n) is 7.96. The molecule has 1 heterocycles. The van der Waals surface area contributed by atoms with Gasteiger partial charge in [0.25, 0.3) is 11.8 Å². The number of ether oxygens (including phenoxy) is 3. The van der Waals surface area contributed by atoms with Gasteiger partial charge in [-0.15, -0.1) is 0 Å². The summed E-state index contributed by atoms with van der Waals surface area (Å²) in [6.07, 6.45) is 0.252. The van der Waals surface area contributed by atoms with Gasteiger partial charge < -0.3 is 24.8 Å². The highest BCUT2D eigenvalue weighted by molar-refractivity contribution is 6.02. The van der Waals surface area contributed by atoms with Crippen molar-refractivity contribution in [3.8, 4) is 5.75 Å². The Hall–Kier alpha value is -2.97. The van der Waals surface area contributed by atoms with Crippen molar-refractivity contribution in [2.75, 3.05) is 33.5 Å². The molecule has 1 aliphatic rings. The molecule has 8 heteroatoms. The van der Waals surface area contributed by atoms with Gasteiger partial charge in [0.15, 0.2) is 6.29 Å². The Bertz CT molecular complexity index is 963. The zero-order chi connectivity index (χ0) is 24.5. The summed E-state index contributed by atoms with van der Waals surface area (Å²) in [6, 6.07) is 12.6. The Balaban J connectivity index is 1.82. The number of hydrogen-bond donors (Lipinski definition) is 2. The van der Waals surface area contributed by atoms with Gasteiger partial charge in [-0.3, -0.25) is 9.59 Å². The molecule has 0 bridgehead atoms. The molecule has 1 aliphatic heterocycles. The molecule has 2 unspecified atom stereocenters. The largest absolute Gasteiger partial charge is 0.486 e. The van der Waals surface area contributed by atoms with Crippen molar-refractivity contribution < 1.29 is 28.2 Å². The number of carbonyl (C=O) groups excluding carboxylic acids is 2. The van der Waals surface area contributed by atoms with Gasteiger partial charge in [0.1, 0.15) is 18.5 Å². The average molecular weight is 473 g/mol. The smallest absolute Gasteiger partial charge is 0.254 e. The first-order valence-corrected chi connectivity index (χ1v) is 11.7. The van der Waals surface area contributed by atoms with E-state index in [4.69, 9.17) is 14.2 Å². The van der Waals surface area contributed by atoms with Gasteiger partial charge in [-0.2, -0.15) is 0 Å². The molecule has 34 heavy (non-hydrogen) atoms. The summed E-state index contributed by atoms with van der Waals surface area (Å²) < 4.78 is 30.9. The van der Waals surface area contributed by atoms with E-state index in [1.54, 1.807) is 6.07 Å². The standard InChI is InChI=1S/C26H33FN2O5/c1-4-32-22(33-5-2)12-9-13-29-25(30)18-14-19-23(17-10-7-6-8-11-17)21(16-27)34-24(19)20(15-18)26(31)28-3/h6-8,10-11,14-15,21-23H,4-5,9,12-13,16H2,1-3H3,(H,28,31)(H,29,30). The molecule has 0 saturated carbocycles.